The van der Waals surface area contributed by atoms with Gasteiger partial charge in [-0.3, -0.25) is 4.72 Å². The van der Waals surface area contributed by atoms with Gasteiger partial charge in [-0.2, -0.15) is 0 Å². The number of nitrogens with one attached hydrogen (secondary N) is 1. The van der Waals surface area contributed by atoms with Gasteiger partial charge < -0.3 is 4.74 Å². The minimum Gasteiger partial charge on any atom is -0.480 e. The second kappa shape index (κ2) is 5.23. The third-order valence-corrected chi connectivity index (χ3v) is 3.78. The molecule has 19 heavy (non-hydrogen) atoms. The average Bonchev–Trinajstić information content (AvgIpc) is 2.40. The van der Waals surface area contributed by atoms with E-state index in [-0.39, 0.29) is 10.7 Å². The van der Waals surface area contributed by atoms with Crippen molar-refractivity contribution in [2.24, 2.45) is 0 Å². The molecule has 0 saturated heterocycles. The highest BCUT2D eigenvalue weighted by Gasteiger charge is 2.14. The highest BCUT2D eigenvalue weighted by molar-refractivity contribution is 7.92. The monoisotopic (exact) mass is 279 g/mol. The summed E-state index contributed by atoms with van der Waals surface area (Å²) in [5.41, 5.74) is 0.989. The molecule has 0 aliphatic carbocycles. The molecule has 1 heterocycles. The second-order valence-electron chi connectivity index (χ2n) is 3.86. The van der Waals surface area contributed by atoms with Crippen LogP contribution in [0, 0.1) is 6.92 Å². The van der Waals surface area contributed by atoms with E-state index in [1.54, 1.807) is 12.1 Å². The Labute approximate surface area is 111 Å². The van der Waals surface area contributed by atoms with Gasteiger partial charge in [0.1, 0.15) is 0 Å². The maximum Gasteiger partial charge on any atom is 0.263 e. The van der Waals surface area contributed by atoms with Crippen molar-refractivity contribution >= 4 is 15.8 Å². The Bertz CT molecular complexity index is 652. The molecular formula is C12H13N3O3S. The lowest BCUT2D eigenvalue weighted by molar-refractivity contribution is 0.396. The molecule has 0 fully saturated rings. The van der Waals surface area contributed by atoms with Crippen LogP contribution in [0.3, 0.4) is 0 Å². The Balaban J connectivity index is 2.23. The minimum atomic E-state index is -3.64. The maximum atomic E-state index is 12.1. The molecule has 0 atom stereocenters. The summed E-state index contributed by atoms with van der Waals surface area (Å²) in [4.78, 5) is 7.95. The zero-order chi connectivity index (χ0) is 13.9. The number of nitrogens with zero attached hydrogens (tertiary/aromatic N) is 2. The molecule has 0 bridgehead atoms. The van der Waals surface area contributed by atoms with Crippen molar-refractivity contribution in [1.82, 2.24) is 9.97 Å². The van der Waals surface area contributed by atoms with Gasteiger partial charge >= 0.3 is 0 Å². The van der Waals surface area contributed by atoms with Gasteiger partial charge in [0.2, 0.25) is 5.88 Å². The first kappa shape index (κ1) is 13.3. The number of benzene rings is 1. The first-order chi connectivity index (χ1) is 9.01. The molecule has 0 aliphatic heterocycles. The molecule has 6 nitrogen and oxygen atoms in total. The van der Waals surface area contributed by atoms with Crippen LogP contribution in [-0.2, 0) is 10.0 Å². The molecule has 2 rings (SSSR count). The van der Waals surface area contributed by atoms with Crippen molar-refractivity contribution in [2.75, 3.05) is 11.8 Å². The summed E-state index contributed by atoms with van der Waals surface area (Å²) in [6.45, 7) is 1.89. The first-order valence-corrected chi connectivity index (χ1v) is 6.95. The Hall–Kier alpha value is -2.15. The number of aryl methyl sites for hydroxylation is 1. The van der Waals surface area contributed by atoms with Gasteiger partial charge in [0, 0.05) is 0 Å². The van der Waals surface area contributed by atoms with Crippen LogP contribution < -0.4 is 9.46 Å². The fraction of sp³-hybridized carbons (Fsp3) is 0.167. The summed E-state index contributed by atoms with van der Waals surface area (Å²) in [6, 6.07) is 6.53. The number of rotatable bonds is 4. The normalized spacial score (nSPS) is 11.1. The van der Waals surface area contributed by atoms with Crippen LogP contribution in [-0.4, -0.2) is 25.5 Å². The lowest BCUT2D eigenvalue weighted by Crippen LogP contribution is -2.14. The van der Waals surface area contributed by atoms with Gasteiger partial charge in [0.25, 0.3) is 10.0 Å². The summed E-state index contributed by atoms with van der Waals surface area (Å²) in [5, 5.41) is 0. The van der Waals surface area contributed by atoms with Crippen LogP contribution in [0.5, 0.6) is 5.88 Å². The molecule has 0 unspecified atom stereocenters. The first-order valence-electron chi connectivity index (χ1n) is 5.47. The van der Waals surface area contributed by atoms with E-state index in [4.69, 9.17) is 4.74 Å². The number of ether oxygens (including phenoxy) is 1. The van der Waals surface area contributed by atoms with Crippen LogP contribution >= 0.6 is 0 Å². The highest BCUT2D eigenvalue weighted by Crippen LogP contribution is 2.15. The average molecular weight is 279 g/mol. The minimum absolute atomic E-state index is 0.140. The largest absolute Gasteiger partial charge is 0.480 e. The van der Waals surface area contributed by atoms with Crippen LogP contribution in [0.25, 0.3) is 0 Å². The van der Waals surface area contributed by atoms with Crippen molar-refractivity contribution in [3.05, 3.63) is 42.2 Å². The van der Waals surface area contributed by atoms with Crippen molar-refractivity contribution in [3.63, 3.8) is 0 Å². The number of anilines is 1. The van der Waals surface area contributed by atoms with Gasteiger partial charge in [-0.25, -0.2) is 18.4 Å². The number of sulfonamides is 1. The quantitative estimate of drug-likeness (QED) is 0.919. The van der Waals surface area contributed by atoms with E-state index in [9.17, 15) is 8.42 Å². The standard InChI is InChI=1S/C12H13N3O3S/c1-9-3-5-10(6-4-9)19(16,17)15-11-7-14-12(18-2)8-13-11/h3-8H,1-2H3,(H,13,15). The van der Waals surface area contributed by atoms with Crippen molar-refractivity contribution in [3.8, 4) is 5.88 Å². The van der Waals surface area contributed by atoms with Gasteiger partial charge in [0.15, 0.2) is 5.82 Å². The van der Waals surface area contributed by atoms with Crippen LogP contribution in [0.4, 0.5) is 5.82 Å². The van der Waals surface area contributed by atoms with Crippen LogP contribution in [0.15, 0.2) is 41.6 Å². The number of hydrogen-bond donors (Lipinski definition) is 1. The van der Waals surface area contributed by atoms with Crippen LogP contribution in [0.2, 0.25) is 0 Å². The molecule has 1 aromatic carbocycles. The SMILES string of the molecule is COc1cnc(NS(=O)(=O)c2ccc(C)cc2)cn1. The molecule has 1 aromatic heterocycles. The third-order valence-electron chi connectivity index (χ3n) is 2.41. The predicted molar refractivity (Wildman–Crippen MR) is 70.6 cm³/mol. The summed E-state index contributed by atoms with van der Waals surface area (Å²) >= 11 is 0. The molecule has 0 amide bonds. The molecule has 100 valence electrons. The molecular weight excluding hydrogens is 266 g/mol. The Kier molecular flexibility index (Phi) is 3.66. The zero-order valence-corrected chi connectivity index (χ0v) is 11.3. The predicted octanol–water partition coefficient (Wildman–Crippen LogP) is 1.59. The van der Waals surface area contributed by atoms with E-state index in [2.05, 4.69) is 14.7 Å². The fourth-order valence-corrected chi connectivity index (χ4v) is 2.38. The summed E-state index contributed by atoms with van der Waals surface area (Å²) in [5.74, 6) is 0.458. The maximum absolute atomic E-state index is 12.1. The molecule has 0 radical (unpaired) electrons. The zero-order valence-electron chi connectivity index (χ0n) is 10.5. The van der Waals surface area contributed by atoms with Crippen LogP contribution in [0.1, 0.15) is 5.56 Å². The summed E-state index contributed by atoms with van der Waals surface area (Å²) in [6.07, 6.45) is 2.64. The second-order valence-corrected chi connectivity index (χ2v) is 5.54. The molecule has 2 aromatic rings. The van der Waals surface area contributed by atoms with Gasteiger partial charge in [-0.15, -0.1) is 0 Å². The van der Waals surface area contributed by atoms with E-state index in [0.29, 0.717) is 5.88 Å². The lowest BCUT2D eigenvalue weighted by Gasteiger charge is -2.07. The molecule has 0 spiro atoms. The van der Waals surface area contributed by atoms with E-state index >= 15 is 0 Å². The fourth-order valence-electron chi connectivity index (χ4n) is 1.39. The van der Waals surface area contributed by atoms with E-state index in [1.165, 1.54) is 31.6 Å². The Morgan fingerprint density at radius 1 is 1.11 bits per heavy atom. The number of hydrogen-bond acceptors (Lipinski definition) is 5. The van der Waals surface area contributed by atoms with Crippen molar-refractivity contribution in [2.45, 2.75) is 11.8 Å². The lowest BCUT2D eigenvalue weighted by atomic mass is 10.2. The summed E-state index contributed by atoms with van der Waals surface area (Å²) in [7, 11) is -2.18. The van der Waals surface area contributed by atoms with Gasteiger partial charge in [-0.1, -0.05) is 17.7 Å². The third kappa shape index (κ3) is 3.19. The number of methoxy groups -OCH3 is 1. The summed E-state index contributed by atoms with van der Waals surface area (Å²) < 4.78 is 31.3. The Morgan fingerprint density at radius 2 is 1.79 bits per heavy atom. The molecule has 0 aliphatic rings. The Morgan fingerprint density at radius 3 is 2.32 bits per heavy atom. The smallest absolute Gasteiger partial charge is 0.263 e. The van der Waals surface area contributed by atoms with Crippen molar-refractivity contribution in [1.29, 1.82) is 0 Å². The van der Waals surface area contributed by atoms with Gasteiger partial charge in [0.05, 0.1) is 24.4 Å². The molecule has 0 saturated carbocycles. The van der Waals surface area contributed by atoms with E-state index in [1.807, 2.05) is 6.92 Å². The molecule has 1 N–H and O–H groups in total. The van der Waals surface area contributed by atoms with E-state index in [0.717, 1.165) is 5.56 Å². The number of aromatic nitrogens is 2. The van der Waals surface area contributed by atoms with E-state index < -0.39 is 10.0 Å². The van der Waals surface area contributed by atoms with Gasteiger partial charge in [-0.05, 0) is 19.1 Å². The highest BCUT2D eigenvalue weighted by atomic mass is 32.2. The van der Waals surface area contributed by atoms with Crippen molar-refractivity contribution < 1.29 is 13.2 Å². The molecule has 7 heteroatoms. The topological polar surface area (TPSA) is 81.2 Å².